The smallest absolute Gasteiger partial charge is 0.142 e. The lowest BCUT2D eigenvalue weighted by atomic mass is 10.00. The minimum absolute atomic E-state index is 0.00241. The van der Waals surface area contributed by atoms with E-state index in [2.05, 4.69) is 65.6 Å². The van der Waals surface area contributed by atoms with Gasteiger partial charge in [0.2, 0.25) is 0 Å². The van der Waals surface area contributed by atoms with Gasteiger partial charge in [0.1, 0.15) is 11.9 Å². The molecule has 0 saturated carbocycles. The van der Waals surface area contributed by atoms with Crippen molar-refractivity contribution in [3.05, 3.63) is 96.1 Å². The van der Waals surface area contributed by atoms with Crippen molar-refractivity contribution in [2.24, 2.45) is 0 Å². The van der Waals surface area contributed by atoms with E-state index in [1.807, 2.05) is 24.3 Å². The second kappa shape index (κ2) is 12.4. The molecule has 1 aliphatic rings. The zero-order valence-electron chi connectivity index (χ0n) is 19.4. The monoisotopic (exact) mass is 444 g/mol. The summed E-state index contributed by atoms with van der Waals surface area (Å²) in [5.41, 5.74) is 9.09. The van der Waals surface area contributed by atoms with Crippen molar-refractivity contribution < 1.29 is 9.47 Å². The number of piperidine rings is 1. The second-order valence-corrected chi connectivity index (χ2v) is 8.83. The fraction of sp³-hybridized carbons (Fsp3) is 0.379. The van der Waals surface area contributed by atoms with Crippen LogP contribution in [0.1, 0.15) is 49.3 Å². The molecule has 0 amide bonds. The summed E-state index contributed by atoms with van der Waals surface area (Å²) in [5.74, 6) is 0.795. The van der Waals surface area contributed by atoms with E-state index < -0.39 is 0 Å². The summed E-state index contributed by atoms with van der Waals surface area (Å²) in [4.78, 5) is 2.58. The first-order chi connectivity index (χ1) is 16.3. The van der Waals surface area contributed by atoms with Gasteiger partial charge in [-0.3, -0.25) is 0 Å². The summed E-state index contributed by atoms with van der Waals surface area (Å²) >= 11 is 0. The van der Waals surface area contributed by atoms with Crippen LogP contribution in [-0.4, -0.2) is 37.2 Å². The molecule has 0 atom stereocenters. The van der Waals surface area contributed by atoms with Crippen molar-refractivity contribution >= 4 is 5.69 Å². The maximum Gasteiger partial charge on any atom is 0.142 e. The molecular weight excluding hydrogens is 408 g/mol. The quantitative estimate of drug-likeness (QED) is 0.287. The van der Waals surface area contributed by atoms with Crippen molar-refractivity contribution in [1.29, 1.82) is 0 Å². The van der Waals surface area contributed by atoms with Crippen LogP contribution in [0.2, 0.25) is 0 Å². The van der Waals surface area contributed by atoms with E-state index >= 15 is 0 Å². The molecule has 174 valence electrons. The number of nitrogen functional groups attached to an aromatic ring is 1. The summed E-state index contributed by atoms with van der Waals surface area (Å²) in [6, 6.07) is 28.9. The Morgan fingerprint density at radius 2 is 1.36 bits per heavy atom. The second-order valence-electron chi connectivity index (χ2n) is 8.83. The third-order valence-corrected chi connectivity index (χ3v) is 6.36. The van der Waals surface area contributed by atoms with Crippen LogP contribution in [0, 0.1) is 0 Å². The highest BCUT2D eigenvalue weighted by Gasteiger charge is 2.24. The van der Waals surface area contributed by atoms with Gasteiger partial charge in [0.15, 0.2) is 0 Å². The molecule has 0 spiro atoms. The van der Waals surface area contributed by atoms with Crippen LogP contribution in [0.5, 0.6) is 5.75 Å². The fourth-order valence-electron chi connectivity index (χ4n) is 4.48. The molecule has 3 aromatic rings. The van der Waals surface area contributed by atoms with Crippen LogP contribution < -0.4 is 10.5 Å². The summed E-state index contributed by atoms with van der Waals surface area (Å²) in [6.45, 7) is 4.10. The molecule has 1 heterocycles. The lowest BCUT2D eigenvalue weighted by Crippen LogP contribution is -2.38. The molecule has 0 bridgehead atoms. The Labute approximate surface area is 198 Å². The van der Waals surface area contributed by atoms with Gasteiger partial charge in [0.25, 0.3) is 0 Å². The molecule has 0 unspecified atom stereocenters. The van der Waals surface area contributed by atoms with Crippen molar-refractivity contribution in [3.63, 3.8) is 0 Å². The van der Waals surface area contributed by atoms with Gasteiger partial charge in [-0.2, -0.15) is 0 Å². The van der Waals surface area contributed by atoms with Crippen molar-refractivity contribution in [2.45, 2.75) is 44.3 Å². The van der Waals surface area contributed by atoms with Gasteiger partial charge in [0.05, 0.1) is 18.4 Å². The van der Waals surface area contributed by atoms with E-state index in [9.17, 15) is 0 Å². The Balaban J connectivity index is 1.17. The molecule has 2 N–H and O–H groups in total. The first kappa shape index (κ1) is 23.3. The van der Waals surface area contributed by atoms with Crippen LogP contribution in [0.25, 0.3) is 0 Å². The van der Waals surface area contributed by atoms with E-state index in [0.29, 0.717) is 11.8 Å². The van der Waals surface area contributed by atoms with E-state index in [1.165, 1.54) is 24.0 Å². The molecule has 3 aromatic carbocycles. The number of para-hydroxylation sites is 2. The van der Waals surface area contributed by atoms with Crippen LogP contribution in [-0.2, 0) is 4.74 Å². The van der Waals surface area contributed by atoms with E-state index in [4.69, 9.17) is 15.2 Å². The minimum atomic E-state index is 0.00241. The molecule has 1 aliphatic heterocycles. The zero-order valence-corrected chi connectivity index (χ0v) is 19.4. The average molecular weight is 445 g/mol. The number of likely N-dealkylation sites (tertiary alicyclic amines) is 1. The number of anilines is 1. The number of nitrogens with two attached hydrogens (primary N) is 1. The first-order valence-electron chi connectivity index (χ1n) is 12.2. The molecule has 0 aliphatic carbocycles. The maximum atomic E-state index is 6.67. The van der Waals surface area contributed by atoms with E-state index in [1.54, 1.807) is 0 Å². The standard InChI is InChI=1S/C29H36N2O2/c30-27-16-8-9-17-28(27)32-23-11-3-10-20-31-21-18-26(19-22-31)33-29(24-12-4-1-5-13-24)25-14-6-2-7-15-25/h1-2,4-9,12-17,26,29H,3,10-11,18-23,30H2. The lowest BCUT2D eigenvalue weighted by Gasteiger charge is -2.34. The highest BCUT2D eigenvalue weighted by atomic mass is 16.5. The summed E-state index contributed by atoms with van der Waals surface area (Å²) in [6.07, 6.45) is 5.92. The lowest BCUT2D eigenvalue weighted by molar-refractivity contribution is -0.0271. The zero-order chi connectivity index (χ0) is 22.7. The van der Waals surface area contributed by atoms with Crippen LogP contribution in [0.3, 0.4) is 0 Å². The van der Waals surface area contributed by atoms with Gasteiger partial charge in [-0.25, -0.2) is 0 Å². The molecule has 1 saturated heterocycles. The molecular formula is C29H36N2O2. The van der Waals surface area contributed by atoms with Crippen LogP contribution >= 0.6 is 0 Å². The normalized spacial score (nSPS) is 15.1. The molecule has 0 radical (unpaired) electrons. The van der Waals surface area contributed by atoms with Crippen molar-refractivity contribution in [2.75, 3.05) is 32.0 Å². The molecule has 1 fully saturated rings. The van der Waals surface area contributed by atoms with Crippen LogP contribution in [0.15, 0.2) is 84.9 Å². The molecule has 4 heteroatoms. The summed E-state index contributed by atoms with van der Waals surface area (Å²) in [5, 5.41) is 0. The number of nitrogens with zero attached hydrogens (tertiary/aromatic N) is 1. The molecule has 0 aromatic heterocycles. The maximum absolute atomic E-state index is 6.67. The topological polar surface area (TPSA) is 47.7 Å². The summed E-state index contributed by atoms with van der Waals surface area (Å²) < 4.78 is 12.5. The number of unbranched alkanes of at least 4 members (excludes halogenated alkanes) is 2. The Morgan fingerprint density at radius 1 is 0.758 bits per heavy atom. The number of benzene rings is 3. The van der Waals surface area contributed by atoms with Crippen molar-refractivity contribution in [1.82, 2.24) is 4.90 Å². The van der Waals surface area contributed by atoms with Gasteiger partial charge in [-0.15, -0.1) is 0 Å². The van der Waals surface area contributed by atoms with Gasteiger partial charge < -0.3 is 20.1 Å². The molecule has 33 heavy (non-hydrogen) atoms. The SMILES string of the molecule is Nc1ccccc1OCCCCCN1CCC(OC(c2ccccc2)c2ccccc2)CC1. The van der Waals surface area contributed by atoms with Gasteiger partial charge in [-0.05, 0) is 61.9 Å². The van der Waals surface area contributed by atoms with Gasteiger partial charge >= 0.3 is 0 Å². The summed E-state index contributed by atoms with van der Waals surface area (Å²) in [7, 11) is 0. The van der Waals surface area contributed by atoms with E-state index in [0.717, 1.165) is 51.3 Å². The Hall–Kier alpha value is -2.82. The van der Waals surface area contributed by atoms with Gasteiger partial charge in [0, 0.05) is 13.1 Å². The highest BCUT2D eigenvalue weighted by molar-refractivity contribution is 5.51. The third-order valence-electron chi connectivity index (χ3n) is 6.36. The molecule has 4 nitrogen and oxygen atoms in total. The number of hydrogen-bond acceptors (Lipinski definition) is 4. The first-order valence-corrected chi connectivity index (χ1v) is 12.2. The highest BCUT2D eigenvalue weighted by Crippen LogP contribution is 2.30. The Bertz CT molecular complexity index is 901. The number of hydrogen-bond donors (Lipinski definition) is 1. The average Bonchev–Trinajstić information content (AvgIpc) is 2.87. The van der Waals surface area contributed by atoms with Gasteiger partial charge in [-0.1, -0.05) is 72.8 Å². The van der Waals surface area contributed by atoms with Crippen LogP contribution in [0.4, 0.5) is 5.69 Å². The number of rotatable bonds is 11. The Morgan fingerprint density at radius 3 is 2.00 bits per heavy atom. The van der Waals surface area contributed by atoms with E-state index in [-0.39, 0.29) is 6.10 Å². The largest absolute Gasteiger partial charge is 0.491 e. The van der Waals surface area contributed by atoms with Crippen molar-refractivity contribution in [3.8, 4) is 5.75 Å². The Kier molecular flexibility index (Phi) is 8.79. The number of ether oxygens (including phenoxy) is 2. The predicted molar refractivity (Wildman–Crippen MR) is 135 cm³/mol. The fourth-order valence-corrected chi connectivity index (χ4v) is 4.48. The third kappa shape index (κ3) is 7.08. The predicted octanol–water partition coefficient (Wildman–Crippen LogP) is 6.09. The molecule has 4 rings (SSSR count). The minimum Gasteiger partial charge on any atom is -0.491 e.